The summed E-state index contributed by atoms with van der Waals surface area (Å²) in [4.78, 5) is 4.10. The molecule has 2 atom stereocenters. The smallest absolute Gasteiger partial charge is 0.150 e. The number of imidazole rings is 1. The number of nitrogens with zero attached hydrogens (tertiary/aromatic N) is 2. The van der Waals surface area contributed by atoms with Crippen LogP contribution in [0, 0.1) is 5.92 Å². The molecule has 1 aliphatic heterocycles. The molecule has 2 heterocycles. The molecular formula is C11H19N3O2S. The van der Waals surface area contributed by atoms with Gasteiger partial charge in [0.2, 0.25) is 0 Å². The minimum atomic E-state index is -2.87. The maximum Gasteiger partial charge on any atom is 0.150 e. The number of nitrogens with two attached hydrogens (primary N) is 1. The summed E-state index contributed by atoms with van der Waals surface area (Å²) in [7, 11) is -2.87. The molecule has 5 nitrogen and oxygen atoms in total. The van der Waals surface area contributed by atoms with E-state index in [0.717, 1.165) is 18.7 Å². The molecule has 0 spiro atoms. The standard InChI is InChI=1S/C11H19N3O2S/c1-2-4-14-8-13-6-10(14)11(12)9-3-5-17(15,16)7-9/h6,8-9,11H,2-5,7,12H2,1H3. The van der Waals surface area contributed by atoms with Crippen LogP contribution in [0.4, 0.5) is 0 Å². The van der Waals surface area contributed by atoms with E-state index in [1.165, 1.54) is 0 Å². The SMILES string of the molecule is CCCn1cncc1C(N)C1CCS(=O)(=O)C1. The fourth-order valence-corrected chi connectivity index (χ4v) is 4.24. The molecule has 96 valence electrons. The van der Waals surface area contributed by atoms with Gasteiger partial charge in [-0.2, -0.15) is 0 Å². The van der Waals surface area contributed by atoms with Gasteiger partial charge in [-0.05, 0) is 18.8 Å². The van der Waals surface area contributed by atoms with Gasteiger partial charge in [0.1, 0.15) is 0 Å². The van der Waals surface area contributed by atoms with E-state index in [1.807, 2.05) is 4.57 Å². The van der Waals surface area contributed by atoms with Crippen LogP contribution in [-0.2, 0) is 16.4 Å². The minimum absolute atomic E-state index is 0.0345. The van der Waals surface area contributed by atoms with E-state index in [1.54, 1.807) is 12.5 Å². The van der Waals surface area contributed by atoms with Crippen molar-refractivity contribution in [1.29, 1.82) is 0 Å². The lowest BCUT2D eigenvalue weighted by Gasteiger charge is -2.19. The third-order valence-corrected chi connectivity index (χ3v) is 5.12. The van der Waals surface area contributed by atoms with Gasteiger partial charge in [-0.15, -0.1) is 0 Å². The van der Waals surface area contributed by atoms with Gasteiger partial charge < -0.3 is 10.3 Å². The van der Waals surface area contributed by atoms with Crippen LogP contribution in [0.2, 0.25) is 0 Å². The third kappa shape index (κ3) is 2.69. The lowest BCUT2D eigenvalue weighted by Crippen LogP contribution is -2.25. The number of rotatable bonds is 4. The van der Waals surface area contributed by atoms with Gasteiger partial charge in [-0.1, -0.05) is 6.92 Å². The molecule has 6 heteroatoms. The Morgan fingerprint density at radius 2 is 2.41 bits per heavy atom. The van der Waals surface area contributed by atoms with Crippen molar-refractivity contribution < 1.29 is 8.42 Å². The zero-order chi connectivity index (χ0) is 12.5. The van der Waals surface area contributed by atoms with Crippen LogP contribution in [0.3, 0.4) is 0 Å². The lowest BCUT2D eigenvalue weighted by atomic mass is 9.97. The number of sulfone groups is 1. The molecule has 1 aromatic heterocycles. The first-order valence-electron chi connectivity index (χ1n) is 5.99. The fraction of sp³-hybridized carbons (Fsp3) is 0.727. The Morgan fingerprint density at radius 3 is 3.00 bits per heavy atom. The first kappa shape index (κ1) is 12.6. The summed E-state index contributed by atoms with van der Waals surface area (Å²) in [5, 5.41) is 0. The Kier molecular flexibility index (Phi) is 3.53. The molecule has 0 aromatic carbocycles. The van der Waals surface area contributed by atoms with Crippen LogP contribution >= 0.6 is 0 Å². The van der Waals surface area contributed by atoms with Crippen molar-refractivity contribution in [1.82, 2.24) is 9.55 Å². The highest BCUT2D eigenvalue weighted by atomic mass is 32.2. The van der Waals surface area contributed by atoms with E-state index < -0.39 is 9.84 Å². The minimum Gasteiger partial charge on any atom is -0.333 e. The maximum absolute atomic E-state index is 11.4. The van der Waals surface area contributed by atoms with E-state index in [2.05, 4.69) is 11.9 Å². The summed E-state index contributed by atoms with van der Waals surface area (Å²) < 4.78 is 24.9. The molecule has 0 aliphatic carbocycles. The molecule has 0 bridgehead atoms. The molecule has 2 rings (SSSR count). The van der Waals surface area contributed by atoms with Gasteiger partial charge in [0.25, 0.3) is 0 Å². The van der Waals surface area contributed by atoms with Crippen molar-refractivity contribution in [2.75, 3.05) is 11.5 Å². The molecule has 2 unspecified atom stereocenters. The van der Waals surface area contributed by atoms with Gasteiger partial charge in [0.15, 0.2) is 9.84 Å². The zero-order valence-corrected chi connectivity index (χ0v) is 10.9. The van der Waals surface area contributed by atoms with Crippen LogP contribution in [0.25, 0.3) is 0 Å². The summed E-state index contributed by atoms with van der Waals surface area (Å²) in [6.07, 6.45) is 5.20. The maximum atomic E-state index is 11.4. The van der Waals surface area contributed by atoms with E-state index >= 15 is 0 Å². The topological polar surface area (TPSA) is 78.0 Å². The molecule has 1 aliphatic rings. The van der Waals surface area contributed by atoms with Gasteiger partial charge in [0.05, 0.1) is 29.6 Å². The highest BCUT2D eigenvalue weighted by Gasteiger charge is 2.33. The second-order valence-corrected chi connectivity index (χ2v) is 6.93. The molecule has 1 fully saturated rings. The van der Waals surface area contributed by atoms with Gasteiger partial charge in [-0.3, -0.25) is 0 Å². The number of hydrogen-bond donors (Lipinski definition) is 1. The van der Waals surface area contributed by atoms with E-state index in [0.29, 0.717) is 6.42 Å². The summed E-state index contributed by atoms with van der Waals surface area (Å²) in [6.45, 7) is 2.97. The predicted molar refractivity (Wildman–Crippen MR) is 66.2 cm³/mol. The second-order valence-electron chi connectivity index (χ2n) is 4.70. The largest absolute Gasteiger partial charge is 0.333 e. The number of hydrogen-bond acceptors (Lipinski definition) is 4. The number of aromatic nitrogens is 2. The van der Waals surface area contributed by atoms with Crippen LogP contribution < -0.4 is 5.73 Å². The molecule has 1 saturated heterocycles. The van der Waals surface area contributed by atoms with Crippen LogP contribution in [0.5, 0.6) is 0 Å². The Balaban J connectivity index is 2.14. The molecule has 0 radical (unpaired) electrons. The summed E-state index contributed by atoms with van der Waals surface area (Å²) >= 11 is 0. The van der Waals surface area contributed by atoms with Gasteiger partial charge in [0, 0.05) is 12.7 Å². The lowest BCUT2D eigenvalue weighted by molar-refractivity contribution is 0.450. The monoisotopic (exact) mass is 257 g/mol. The molecule has 0 saturated carbocycles. The van der Waals surface area contributed by atoms with Crippen molar-refractivity contribution in [2.24, 2.45) is 11.7 Å². The van der Waals surface area contributed by atoms with Crippen molar-refractivity contribution in [3.63, 3.8) is 0 Å². The predicted octanol–water partition coefficient (Wildman–Crippen LogP) is 0.728. The average Bonchev–Trinajstić information content (AvgIpc) is 2.84. The van der Waals surface area contributed by atoms with Crippen molar-refractivity contribution in [3.8, 4) is 0 Å². The van der Waals surface area contributed by atoms with Crippen molar-refractivity contribution in [2.45, 2.75) is 32.4 Å². The first-order chi connectivity index (χ1) is 8.03. The second kappa shape index (κ2) is 4.78. The Morgan fingerprint density at radius 1 is 1.65 bits per heavy atom. The van der Waals surface area contributed by atoms with E-state index in [4.69, 9.17) is 5.73 Å². The van der Waals surface area contributed by atoms with E-state index in [9.17, 15) is 8.42 Å². The molecule has 1 aromatic rings. The van der Waals surface area contributed by atoms with E-state index in [-0.39, 0.29) is 23.5 Å². The third-order valence-electron chi connectivity index (χ3n) is 3.33. The number of aryl methyl sites for hydroxylation is 1. The Labute approximate surface area is 102 Å². The summed E-state index contributed by atoms with van der Waals surface area (Å²) in [6, 6.07) is -0.221. The van der Waals surface area contributed by atoms with Crippen LogP contribution in [0.15, 0.2) is 12.5 Å². The normalized spacial score (nSPS) is 24.9. The van der Waals surface area contributed by atoms with Crippen LogP contribution in [0.1, 0.15) is 31.5 Å². The summed E-state index contributed by atoms with van der Waals surface area (Å²) in [5.41, 5.74) is 7.12. The Bertz CT molecular complexity index is 481. The Hall–Kier alpha value is -0.880. The van der Waals surface area contributed by atoms with Crippen LogP contribution in [-0.4, -0.2) is 29.5 Å². The highest BCUT2D eigenvalue weighted by Crippen LogP contribution is 2.29. The van der Waals surface area contributed by atoms with Crippen molar-refractivity contribution >= 4 is 9.84 Å². The summed E-state index contributed by atoms with van der Waals surface area (Å²) in [5.74, 6) is 0.519. The van der Waals surface area contributed by atoms with Gasteiger partial charge in [-0.25, -0.2) is 13.4 Å². The fourth-order valence-electron chi connectivity index (χ4n) is 2.38. The van der Waals surface area contributed by atoms with Gasteiger partial charge >= 0.3 is 0 Å². The average molecular weight is 257 g/mol. The molecule has 2 N–H and O–H groups in total. The highest BCUT2D eigenvalue weighted by molar-refractivity contribution is 7.91. The quantitative estimate of drug-likeness (QED) is 0.862. The molecular weight excluding hydrogens is 238 g/mol. The molecule has 0 amide bonds. The zero-order valence-electron chi connectivity index (χ0n) is 10.0. The molecule has 17 heavy (non-hydrogen) atoms. The first-order valence-corrected chi connectivity index (χ1v) is 7.81. The van der Waals surface area contributed by atoms with Crippen molar-refractivity contribution in [3.05, 3.63) is 18.2 Å².